The monoisotopic (exact) mass is 410 g/mol. The molecular weight excluding hydrogens is 389 g/mol. The van der Waals surface area contributed by atoms with Crippen molar-refractivity contribution in [3.8, 4) is 17.0 Å². The number of ether oxygens (including phenoxy) is 1. The van der Waals surface area contributed by atoms with Crippen LogP contribution in [-0.4, -0.2) is 16.8 Å². The summed E-state index contributed by atoms with van der Waals surface area (Å²) in [4.78, 5) is 8.67. The maximum Gasteiger partial charge on any atom is 0.213 e. The van der Waals surface area contributed by atoms with Crippen LogP contribution in [0.2, 0.25) is 0 Å². The molecule has 0 fully saturated rings. The van der Waals surface area contributed by atoms with E-state index in [9.17, 15) is 13.2 Å². The van der Waals surface area contributed by atoms with E-state index in [1.807, 2.05) is 19.9 Å². The molecule has 3 aromatic rings. The van der Waals surface area contributed by atoms with E-state index in [4.69, 9.17) is 4.74 Å². The van der Waals surface area contributed by atoms with E-state index in [1.165, 1.54) is 24.3 Å². The van der Waals surface area contributed by atoms with Gasteiger partial charge in [0.05, 0.1) is 17.7 Å². The van der Waals surface area contributed by atoms with E-state index < -0.39 is 23.5 Å². The molecule has 4 rings (SSSR count). The van der Waals surface area contributed by atoms with Gasteiger partial charge in [0, 0.05) is 29.1 Å². The molecule has 2 aromatic carbocycles. The quantitative estimate of drug-likeness (QED) is 0.496. The lowest BCUT2D eigenvalue weighted by Crippen LogP contribution is -2.06. The van der Waals surface area contributed by atoms with Gasteiger partial charge in [0.1, 0.15) is 17.5 Å². The van der Waals surface area contributed by atoms with Crippen molar-refractivity contribution in [1.29, 1.82) is 0 Å². The van der Waals surface area contributed by atoms with Crippen molar-refractivity contribution in [2.45, 2.75) is 38.8 Å². The third-order valence-corrected chi connectivity index (χ3v) is 5.00. The molecule has 1 aliphatic heterocycles. The van der Waals surface area contributed by atoms with E-state index in [1.54, 1.807) is 24.4 Å². The van der Waals surface area contributed by atoms with Crippen LogP contribution in [0.5, 0.6) is 5.88 Å². The highest BCUT2D eigenvalue weighted by molar-refractivity contribution is 6.02. The van der Waals surface area contributed by atoms with Gasteiger partial charge in [0.2, 0.25) is 5.88 Å². The molecule has 1 aliphatic rings. The zero-order valence-corrected chi connectivity index (χ0v) is 16.7. The van der Waals surface area contributed by atoms with E-state index in [0.717, 1.165) is 5.56 Å². The van der Waals surface area contributed by atoms with E-state index in [-0.39, 0.29) is 11.7 Å². The predicted molar refractivity (Wildman–Crippen MR) is 110 cm³/mol. The molecule has 3 nitrogen and oxygen atoms in total. The summed E-state index contributed by atoms with van der Waals surface area (Å²) in [6, 6.07) is 11.7. The largest absolute Gasteiger partial charge is 0.475 e. The topological polar surface area (TPSA) is 34.5 Å². The highest BCUT2D eigenvalue weighted by Crippen LogP contribution is 2.35. The Kier molecular flexibility index (Phi) is 5.57. The SMILES string of the molecule is CC(C)Oc1ccc(-c2ccc([C@H]3CCC(c4c(F)cccc4F)=N3)c(F)c2)cn1. The molecule has 0 unspecified atom stereocenters. The second kappa shape index (κ2) is 8.30. The minimum atomic E-state index is -0.650. The van der Waals surface area contributed by atoms with Crippen molar-refractivity contribution >= 4 is 5.71 Å². The number of rotatable bonds is 5. The van der Waals surface area contributed by atoms with Gasteiger partial charge in [-0.3, -0.25) is 4.99 Å². The fourth-order valence-corrected chi connectivity index (χ4v) is 3.62. The highest BCUT2D eigenvalue weighted by Gasteiger charge is 2.26. The van der Waals surface area contributed by atoms with Crippen LogP contribution in [0.4, 0.5) is 13.2 Å². The fraction of sp³-hybridized carbons (Fsp3) is 0.250. The minimum Gasteiger partial charge on any atom is -0.475 e. The lowest BCUT2D eigenvalue weighted by molar-refractivity contribution is 0.232. The van der Waals surface area contributed by atoms with Crippen molar-refractivity contribution in [2.24, 2.45) is 4.99 Å². The first-order valence-corrected chi connectivity index (χ1v) is 9.86. The Balaban J connectivity index is 1.57. The summed E-state index contributed by atoms with van der Waals surface area (Å²) in [5.41, 5.74) is 2.08. The number of hydrogen-bond acceptors (Lipinski definition) is 3. The second-order valence-corrected chi connectivity index (χ2v) is 7.51. The van der Waals surface area contributed by atoms with E-state index in [2.05, 4.69) is 9.98 Å². The first kappa shape index (κ1) is 20.1. The van der Waals surface area contributed by atoms with Crippen molar-refractivity contribution < 1.29 is 17.9 Å². The van der Waals surface area contributed by atoms with Crippen molar-refractivity contribution in [3.63, 3.8) is 0 Å². The minimum absolute atomic E-state index is 0.0229. The van der Waals surface area contributed by atoms with Crippen LogP contribution < -0.4 is 4.74 Å². The van der Waals surface area contributed by atoms with Crippen LogP contribution in [0.15, 0.2) is 59.7 Å². The maximum atomic E-state index is 14.9. The van der Waals surface area contributed by atoms with Crippen LogP contribution in [-0.2, 0) is 0 Å². The number of benzene rings is 2. The molecule has 0 aliphatic carbocycles. The molecule has 2 heterocycles. The Labute approximate surface area is 173 Å². The standard InChI is InChI=1S/C24H21F3N2O/c1-14(2)30-23-11-7-16(13-28-23)15-6-8-17(20(27)12-15)21-9-10-22(29-21)24-18(25)4-3-5-19(24)26/h3-8,11-14,21H,9-10H2,1-2H3/t21-/m1/s1. The lowest BCUT2D eigenvalue weighted by atomic mass is 9.99. The molecule has 0 bridgehead atoms. The summed E-state index contributed by atoms with van der Waals surface area (Å²) >= 11 is 0. The van der Waals surface area contributed by atoms with Gasteiger partial charge in [-0.05, 0) is 56.5 Å². The normalized spacial score (nSPS) is 16.1. The van der Waals surface area contributed by atoms with Gasteiger partial charge in [-0.25, -0.2) is 18.2 Å². The Hall–Kier alpha value is -3.15. The van der Waals surface area contributed by atoms with Crippen molar-refractivity contribution in [2.75, 3.05) is 0 Å². The maximum absolute atomic E-state index is 14.9. The van der Waals surface area contributed by atoms with Crippen molar-refractivity contribution in [1.82, 2.24) is 4.98 Å². The van der Waals surface area contributed by atoms with Gasteiger partial charge >= 0.3 is 0 Å². The van der Waals surface area contributed by atoms with Gasteiger partial charge < -0.3 is 4.74 Å². The molecular formula is C24H21F3N2O. The number of nitrogens with zero attached hydrogens (tertiary/aromatic N) is 2. The zero-order valence-electron chi connectivity index (χ0n) is 16.7. The van der Waals surface area contributed by atoms with Crippen LogP contribution in [0.25, 0.3) is 11.1 Å². The van der Waals surface area contributed by atoms with Crippen LogP contribution in [0, 0.1) is 17.5 Å². The number of hydrogen-bond donors (Lipinski definition) is 0. The molecule has 0 spiro atoms. The summed E-state index contributed by atoms with van der Waals surface area (Å²) in [6.45, 7) is 3.84. The third kappa shape index (κ3) is 4.08. The number of aliphatic imine (C=N–C) groups is 1. The molecule has 0 radical (unpaired) electrons. The molecule has 0 amide bonds. The van der Waals surface area contributed by atoms with Crippen molar-refractivity contribution in [3.05, 3.63) is 83.3 Å². The molecule has 0 saturated heterocycles. The molecule has 0 saturated carbocycles. The van der Waals surface area contributed by atoms with Crippen LogP contribution in [0.1, 0.15) is 43.9 Å². The van der Waals surface area contributed by atoms with Gasteiger partial charge in [-0.1, -0.05) is 18.2 Å². The predicted octanol–water partition coefficient (Wildman–Crippen LogP) is 6.28. The molecule has 154 valence electrons. The molecule has 1 aromatic heterocycles. The second-order valence-electron chi connectivity index (χ2n) is 7.51. The Morgan fingerprint density at radius 2 is 1.67 bits per heavy atom. The molecule has 30 heavy (non-hydrogen) atoms. The number of aromatic nitrogens is 1. The lowest BCUT2D eigenvalue weighted by Gasteiger charge is -2.11. The average Bonchev–Trinajstić information content (AvgIpc) is 3.17. The molecule has 6 heteroatoms. The van der Waals surface area contributed by atoms with Crippen LogP contribution in [0.3, 0.4) is 0 Å². The smallest absolute Gasteiger partial charge is 0.213 e. The Morgan fingerprint density at radius 1 is 0.933 bits per heavy atom. The zero-order chi connectivity index (χ0) is 21.3. The van der Waals surface area contributed by atoms with Gasteiger partial charge in [-0.2, -0.15) is 0 Å². The van der Waals surface area contributed by atoms with Gasteiger partial charge in [0.15, 0.2) is 0 Å². The summed E-state index contributed by atoms with van der Waals surface area (Å²) in [5.74, 6) is -1.19. The Morgan fingerprint density at radius 3 is 2.30 bits per heavy atom. The number of pyridine rings is 1. The van der Waals surface area contributed by atoms with E-state index in [0.29, 0.717) is 35.6 Å². The van der Waals surface area contributed by atoms with Crippen LogP contribution >= 0.6 is 0 Å². The molecule has 0 N–H and O–H groups in total. The summed E-state index contributed by atoms with van der Waals surface area (Å²) < 4.78 is 48.5. The number of halogens is 3. The Bertz CT molecular complexity index is 1070. The first-order chi connectivity index (χ1) is 14.4. The summed E-state index contributed by atoms with van der Waals surface area (Å²) in [7, 11) is 0. The fourth-order valence-electron chi connectivity index (χ4n) is 3.62. The first-order valence-electron chi connectivity index (χ1n) is 9.86. The average molecular weight is 410 g/mol. The van der Waals surface area contributed by atoms with E-state index >= 15 is 0 Å². The highest BCUT2D eigenvalue weighted by atomic mass is 19.1. The summed E-state index contributed by atoms with van der Waals surface area (Å²) in [6.07, 6.45) is 2.56. The van der Waals surface area contributed by atoms with Gasteiger partial charge in [0.25, 0.3) is 0 Å². The molecule has 1 atom stereocenters. The van der Waals surface area contributed by atoms with Gasteiger partial charge in [-0.15, -0.1) is 0 Å². The summed E-state index contributed by atoms with van der Waals surface area (Å²) in [5, 5.41) is 0. The third-order valence-electron chi connectivity index (χ3n) is 5.00.